The van der Waals surface area contributed by atoms with Crippen molar-refractivity contribution in [1.82, 2.24) is 14.7 Å². The number of carbonyl (C=O) groups excluding carboxylic acids is 2. The summed E-state index contributed by atoms with van der Waals surface area (Å²) in [6.07, 6.45) is 0. The molecule has 0 unspecified atom stereocenters. The van der Waals surface area contributed by atoms with Crippen LogP contribution in [0.2, 0.25) is 0 Å². The largest absolute Gasteiger partial charge is 0.486 e. The lowest BCUT2D eigenvalue weighted by Crippen LogP contribution is -2.24. The summed E-state index contributed by atoms with van der Waals surface area (Å²) in [6.45, 7) is 3.96. The van der Waals surface area contributed by atoms with Gasteiger partial charge in [0, 0.05) is 21.1 Å². The fourth-order valence-corrected chi connectivity index (χ4v) is 2.73. The molecule has 1 aromatic carbocycles. The Bertz CT molecular complexity index is 1050. The van der Waals surface area contributed by atoms with E-state index in [1.807, 2.05) is 31.2 Å². The van der Waals surface area contributed by atoms with Gasteiger partial charge in [-0.2, -0.15) is 5.10 Å². The van der Waals surface area contributed by atoms with Crippen LogP contribution in [0, 0.1) is 13.8 Å². The third-order valence-corrected chi connectivity index (χ3v) is 4.44. The average Bonchev–Trinajstić information content (AvgIpc) is 3.26. The Balaban J connectivity index is 1.72. The van der Waals surface area contributed by atoms with E-state index < -0.39 is 5.91 Å². The van der Waals surface area contributed by atoms with Crippen molar-refractivity contribution >= 4 is 17.5 Å². The molecule has 29 heavy (non-hydrogen) atoms. The smallest absolute Gasteiger partial charge is 0.291 e. The van der Waals surface area contributed by atoms with E-state index in [1.165, 1.54) is 4.90 Å². The van der Waals surface area contributed by atoms with Gasteiger partial charge < -0.3 is 19.4 Å². The topological polar surface area (TPSA) is 89.6 Å². The third kappa shape index (κ3) is 4.48. The molecular weight excluding hydrogens is 372 g/mol. The molecule has 3 aromatic rings. The highest BCUT2D eigenvalue weighted by Gasteiger charge is 2.24. The minimum atomic E-state index is -0.462. The van der Waals surface area contributed by atoms with Crippen molar-refractivity contribution < 1.29 is 18.7 Å². The lowest BCUT2D eigenvalue weighted by atomic mass is 10.2. The summed E-state index contributed by atoms with van der Waals surface area (Å²) in [5.74, 6) is 0.611. The van der Waals surface area contributed by atoms with Gasteiger partial charge in [0.15, 0.2) is 11.5 Å². The number of furan rings is 1. The number of hydrogen-bond acceptors (Lipinski definition) is 5. The third-order valence-electron chi connectivity index (χ3n) is 4.44. The monoisotopic (exact) mass is 396 g/mol. The molecule has 3 rings (SSSR count). The summed E-state index contributed by atoms with van der Waals surface area (Å²) in [4.78, 5) is 26.4. The van der Waals surface area contributed by atoms with E-state index in [0.717, 1.165) is 11.3 Å². The number of aromatic nitrogens is 2. The molecule has 0 fully saturated rings. The van der Waals surface area contributed by atoms with Gasteiger partial charge in [0.1, 0.15) is 18.1 Å². The highest BCUT2D eigenvalue weighted by molar-refractivity contribution is 6.07. The first-order valence-corrected chi connectivity index (χ1v) is 9.11. The Morgan fingerprint density at radius 3 is 2.66 bits per heavy atom. The van der Waals surface area contributed by atoms with E-state index in [9.17, 15) is 9.59 Å². The minimum Gasteiger partial charge on any atom is -0.486 e. The van der Waals surface area contributed by atoms with E-state index in [2.05, 4.69) is 10.4 Å². The minimum absolute atomic E-state index is 0.124. The van der Waals surface area contributed by atoms with E-state index in [1.54, 1.807) is 44.9 Å². The van der Waals surface area contributed by atoms with E-state index >= 15 is 0 Å². The number of anilines is 1. The summed E-state index contributed by atoms with van der Waals surface area (Å²) in [6, 6.07) is 10.9. The Kier molecular flexibility index (Phi) is 5.72. The molecule has 0 bridgehead atoms. The lowest BCUT2D eigenvalue weighted by molar-refractivity contribution is 0.0822. The first-order valence-electron chi connectivity index (χ1n) is 9.11. The maximum atomic E-state index is 12.6. The molecule has 2 heterocycles. The highest BCUT2D eigenvalue weighted by Crippen LogP contribution is 2.22. The molecule has 0 radical (unpaired) electrons. The Morgan fingerprint density at radius 1 is 1.21 bits per heavy atom. The van der Waals surface area contributed by atoms with Gasteiger partial charge >= 0.3 is 0 Å². The maximum Gasteiger partial charge on any atom is 0.291 e. The summed E-state index contributed by atoms with van der Waals surface area (Å²) < 4.78 is 12.9. The molecule has 0 aliphatic carbocycles. The molecule has 0 saturated carbocycles. The van der Waals surface area contributed by atoms with Crippen LogP contribution in [-0.2, 0) is 13.7 Å². The number of ether oxygens (including phenoxy) is 1. The molecule has 8 heteroatoms. The van der Waals surface area contributed by atoms with Gasteiger partial charge in [-0.1, -0.05) is 12.1 Å². The molecule has 1 N–H and O–H groups in total. The quantitative estimate of drug-likeness (QED) is 0.691. The molecule has 0 aliphatic rings. The number of nitrogens with zero attached hydrogens (tertiary/aromatic N) is 3. The predicted octanol–water partition coefficient (Wildman–Crippen LogP) is 3.16. The number of amides is 2. The summed E-state index contributed by atoms with van der Waals surface area (Å²) in [5, 5.41) is 6.96. The van der Waals surface area contributed by atoms with Crippen molar-refractivity contribution in [2.75, 3.05) is 19.4 Å². The zero-order chi connectivity index (χ0) is 21.1. The molecule has 0 saturated heterocycles. The van der Waals surface area contributed by atoms with Crippen molar-refractivity contribution in [3.05, 3.63) is 64.9 Å². The number of hydrogen-bond donors (Lipinski definition) is 1. The van der Waals surface area contributed by atoms with Crippen LogP contribution in [0.4, 0.5) is 5.69 Å². The summed E-state index contributed by atoms with van der Waals surface area (Å²) in [5.41, 5.74) is 2.30. The van der Waals surface area contributed by atoms with Crippen LogP contribution in [0.3, 0.4) is 0 Å². The summed E-state index contributed by atoms with van der Waals surface area (Å²) >= 11 is 0. The fraction of sp³-hybridized carbons (Fsp3) is 0.286. The molecule has 0 atom stereocenters. The number of nitrogens with one attached hydrogen (secondary N) is 1. The Hall–Kier alpha value is -3.55. The van der Waals surface area contributed by atoms with Crippen LogP contribution in [0.5, 0.6) is 5.75 Å². The van der Waals surface area contributed by atoms with Crippen molar-refractivity contribution in [3.63, 3.8) is 0 Å². The Morgan fingerprint density at radius 2 is 1.97 bits per heavy atom. The molecule has 8 nitrogen and oxygen atoms in total. The number of benzene rings is 1. The Labute approximate surface area is 169 Å². The van der Waals surface area contributed by atoms with E-state index in [4.69, 9.17) is 9.15 Å². The lowest BCUT2D eigenvalue weighted by Gasteiger charge is -2.10. The van der Waals surface area contributed by atoms with Gasteiger partial charge in [0.2, 0.25) is 0 Å². The van der Waals surface area contributed by atoms with Crippen LogP contribution in [0.15, 0.2) is 40.8 Å². The number of carbonyl (C=O) groups is 2. The van der Waals surface area contributed by atoms with Crippen molar-refractivity contribution in [1.29, 1.82) is 0 Å². The molecule has 0 aliphatic heterocycles. The van der Waals surface area contributed by atoms with Gasteiger partial charge in [-0.05, 0) is 43.7 Å². The predicted molar refractivity (Wildman–Crippen MR) is 108 cm³/mol. The molecule has 152 valence electrons. The van der Waals surface area contributed by atoms with Crippen LogP contribution in [0.1, 0.15) is 38.1 Å². The van der Waals surface area contributed by atoms with Crippen molar-refractivity contribution in [2.24, 2.45) is 7.05 Å². The van der Waals surface area contributed by atoms with Gasteiger partial charge in [0.05, 0.1) is 11.4 Å². The van der Waals surface area contributed by atoms with Gasteiger partial charge in [-0.3, -0.25) is 14.3 Å². The van der Waals surface area contributed by atoms with Gasteiger partial charge in [-0.15, -0.1) is 0 Å². The van der Waals surface area contributed by atoms with Crippen LogP contribution < -0.4 is 10.1 Å². The van der Waals surface area contributed by atoms with Crippen molar-refractivity contribution in [2.45, 2.75) is 20.5 Å². The normalized spacial score (nSPS) is 10.7. The van der Waals surface area contributed by atoms with E-state index in [0.29, 0.717) is 17.1 Å². The molecule has 2 amide bonds. The summed E-state index contributed by atoms with van der Waals surface area (Å²) in [7, 11) is 4.97. The highest BCUT2D eigenvalue weighted by atomic mass is 16.5. The van der Waals surface area contributed by atoms with Crippen molar-refractivity contribution in [3.8, 4) is 5.75 Å². The van der Waals surface area contributed by atoms with E-state index in [-0.39, 0.29) is 24.0 Å². The molecule has 2 aromatic heterocycles. The standard InChI is InChI=1S/C21H24N4O4/c1-13-7-6-8-15(11-13)28-12-16-9-10-17(29-16)20(26)22-18-14(2)25(5)23-19(18)21(27)24(3)4/h6-11H,12H2,1-5H3,(H,22,26). The van der Waals surface area contributed by atoms with Crippen LogP contribution >= 0.6 is 0 Å². The zero-order valence-corrected chi connectivity index (χ0v) is 17.1. The van der Waals surface area contributed by atoms with Gasteiger partial charge in [0.25, 0.3) is 11.8 Å². The SMILES string of the molecule is Cc1cccc(OCc2ccc(C(=O)Nc3c(C(=O)N(C)C)nn(C)c3C)o2)c1. The second kappa shape index (κ2) is 8.22. The second-order valence-electron chi connectivity index (χ2n) is 6.96. The number of rotatable bonds is 6. The fourth-order valence-electron chi connectivity index (χ4n) is 2.73. The zero-order valence-electron chi connectivity index (χ0n) is 17.1. The van der Waals surface area contributed by atoms with Gasteiger partial charge in [-0.25, -0.2) is 0 Å². The number of aryl methyl sites for hydroxylation is 2. The first kappa shape index (κ1) is 20.2. The molecule has 0 spiro atoms. The second-order valence-corrected chi connectivity index (χ2v) is 6.96. The maximum absolute atomic E-state index is 12.6. The van der Waals surface area contributed by atoms with Crippen LogP contribution in [-0.4, -0.2) is 40.6 Å². The average molecular weight is 396 g/mol. The molecular formula is C21H24N4O4. The van der Waals surface area contributed by atoms with Crippen LogP contribution in [0.25, 0.3) is 0 Å². The first-order chi connectivity index (χ1) is 13.8.